The molecule has 0 heterocycles. The fraction of sp³-hybridized carbons (Fsp3) is 0.417. The Labute approximate surface area is 111 Å². The van der Waals surface area contributed by atoms with E-state index in [9.17, 15) is 4.79 Å². The van der Waals surface area contributed by atoms with Gasteiger partial charge in [0.2, 0.25) is 5.91 Å². The fourth-order valence-electron chi connectivity index (χ4n) is 1.24. The number of hydrogen-bond acceptors (Lipinski definition) is 3. The summed E-state index contributed by atoms with van der Waals surface area (Å²) in [5.74, 6) is 1.42. The van der Waals surface area contributed by atoms with E-state index in [1.165, 1.54) is 0 Å². The van der Waals surface area contributed by atoms with Crippen LogP contribution in [0.2, 0.25) is 5.02 Å². The molecule has 0 saturated heterocycles. The molecule has 0 spiro atoms. The lowest BCUT2D eigenvalue weighted by atomic mass is 10.3. The number of hydrogen-bond donors (Lipinski definition) is 2. The predicted molar refractivity (Wildman–Crippen MR) is 76.7 cm³/mol. The Balaban J connectivity index is 2.42. The molecule has 0 unspecified atom stereocenters. The molecule has 5 heteroatoms. The number of halogens is 1. The second kappa shape index (κ2) is 7.45. The van der Waals surface area contributed by atoms with Gasteiger partial charge in [0, 0.05) is 5.69 Å². The molecule has 0 aliphatic rings. The maximum absolute atomic E-state index is 11.6. The lowest BCUT2D eigenvalue weighted by Gasteiger charge is -2.07. The van der Waals surface area contributed by atoms with E-state index >= 15 is 0 Å². The van der Waals surface area contributed by atoms with E-state index in [0.29, 0.717) is 22.2 Å². The first kappa shape index (κ1) is 14.2. The lowest BCUT2D eigenvalue weighted by molar-refractivity contribution is -0.113. The van der Waals surface area contributed by atoms with Crippen LogP contribution in [-0.2, 0) is 4.79 Å². The molecule has 3 N–H and O–H groups in total. The minimum atomic E-state index is -0.0430. The molecule has 17 heavy (non-hydrogen) atoms. The zero-order chi connectivity index (χ0) is 12.7. The summed E-state index contributed by atoms with van der Waals surface area (Å²) in [6.07, 6.45) is 2.28. The number of thioether (sulfide) groups is 1. The number of anilines is 2. The van der Waals surface area contributed by atoms with Gasteiger partial charge < -0.3 is 11.1 Å². The molecule has 3 nitrogen and oxygen atoms in total. The van der Waals surface area contributed by atoms with Gasteiger partial charge in [0.15, 0.2) is 0 Å². The van der Waals surface area contributed by atoms with E-state index in [-0.39, 0.29) is 5.91 Å². The monoisotopic (exact) mass is 272 g/mol. The molecular weight excluding hydrogens is 256 g/mol. The Bertz CT molecular complexity index is 385. The number of nitrogens with two attached hydrogens (primary N) is 1. The van der Waals surface area contributed by atoms with E-state index < -0.39 is 0 Å². The van der Waals surface area contributed by atoms with Gasteiger partial charge in [0.05, 0.1) is 16.5 Å². The van der Waals surface area contributed by atoms with Crippen molar-refractivity contribution in [2.45, 2.75) is 19.8 Å². The van der Waals surface area contributed by atoms with Crippen LogP contribution in [0.25, 0.3) is 0 Å². The highest BCUT2D eigenvalue weighted by atomic mass is 35.5. The molecule has 0 bridgehead atoms. The first-order valence-electron chi connectivity index (χ1n) is 5.56. The van der Waals surface area contributed by atoms with E-state index in [0.717, 1.165) is 18.6 Å². The van der Waals surface area contributed by atoms with Crippen LogP contribution < -0.4 is 11.1 Å². The Morgan fingerprint density at radius 3 is 3.00 bits per heavy atom. The Hall–Kier alpha value is -0.870. The maximum Gasteiger partial charge on any atom is 0.234 e. The highest BCUT2D eigenvalue weighted by molar-refractivity contribution is 7.99. The van der Waals surface area contributed by atoms with Crippen LogP contribution in [-0.4, -0.2) is 17.4 Å². The van der Waals surface area contributed by atoms with Crippen LogP contribution in [0.3, 0.4) is 0 Å². The molecule has 0 atom stereocenters. The molecule has 0 saturated carbocycles. The van der Waals surface area contributed by atoms with E-state index in [2.05, 4.69) is 12.2 Å². The van der Waals surface area contributed by atoms with Crippen molar-refractivity contribution in [3.05, 3.63) is 23.2 Å². The Morgan fingerprint density at radius 2 is 2.29 bits per heavy atom. The number of unbranched alkanes of at least 4 members (excludes halogenated alkanes) is 1. The first-order chi connectivity index (χ1) is 8.13. The molecule has 1 aromatic carbocycles. The van der Waals surface area contributed by atoms with Gasteiger partial charge in [0.1, 0.15) is 0 Å². The third-order valence-corrected chi connectivity index (χ3v) is 3.51. The summed E-state index contributed by atoms with van der Waals surface area (Å²) in [5, 5.41) is 3.26. The van der Waals surface area contributed by atoms with Gasteiger partial charge >= 0.3 is 0 Å². The van der Waals surface area contributed by atoms with Gasteiger partial charge in [-0.15, -0.1) is 0 Å². The standard InChI is InChI=1S/C12H17ClN2OS/c1-2-3-6-17-8-12(16)15-11-7-9(14)4-5-10(11)13/h4-5,7H,2-3,6,8,14H2,1H3,(H,15,16). The molecule has 0 radical (unpaired) electrons. The third-order valence-electron chi connectivity index (χ3n) is 2.14. The van der Waals surface area contributed by atoms with Crippen molar-refractivity contribution in [3.8, 4) is 0 Å². The molecule has 0 aliphatic carbocycles. The predicted octanol–water partition coefficient (Wildman–Crippen LogP) is 3.39. The number of benzene rings is 1. The molecular formula is C12H17ClN2OS. The van der Waals surface area contributed by atoms with Crippen LogP contribution in [0.5, 0.6) is 0 Å². The van der Waals surface area contributed by atoms with Crippen molar-refractivity contribution in [2.75, 3.05) is 22.6 Å². The molecule has 1 amide bonds. The largest absolute Gasteiger partial charge is 0.399 e. The normalized spacial score (nSPS) is 10.2. The number of nitrogens with one attached hydrogen (secondary N) is 1. The lowest BCUT2D eigenvalue weighted by Crippen LogP contribution is -2.14. The zero-order valence-corrected chi connectivity index (χ0v) is 11.4. The summed E-state index contributed by atoms with van der Waals surface area (Å²) in [6, 6.07) is 5.04. The van der Waals surface area contributed by atoms with Gasteiger partial charge in [-0.2, -0.15) is 11.8 Å². The van der Waals surface area contributed by atoms with Crippen molar-refractivity contribution in [3.63, 3.8) is 0 Å². The minimum Gasteiger partial charge on any atom is -0.399 e. The van der Waals surface area contributed by atoms with Crippen molar-refractivity contribution in [2.24, 2.45) is 0 Å². The number of carbonyl (C=O) groups is 1. The fourth-order valence-corrected chi connectivity index (χ4v) is 2.30. The number of carbonyl (C=O) groups excluding carboxylic acids is 1. The quantitative estimate of drug-likeness (QED) is 0.616. The summed E-state index contributed by atoms with van der Waals surface area (Å²) in [5.41, 5.74) is 6.79. The molecule has 1 rings (SSSR count). The van der Waals surface area contributed by atoms with Crippen molar-refractivity contribution in [1.29, 1.82) is 0 Å². The second-order valence-corrected chi connectivity index (χ2v) is 5.21. The molecule has 1 aromatic rings. The summed E-state index contributed by atoms with van der Waals surface area (Å²) in [7, 11) is 0. The summed E-state index contributed by atoms with van der Waals surface area (Å²) < 4.78 is 0. The third kappa shape index (κ3) is 5.33. The van der Waals surface area contributed by atoms with Crippen LogP contribution in [0.1, 0.15) is 19.8 Å². The summed E-state index contributed by atoms with van der Waals surface area (Å²) in [6.45, 7) is 2.13. The van der Waals surface area contributed by atoms with Gasteiger partial charge in [-0.3, -0.25) is 4.79 Å². The second-order valence-electron chi connectivity index (χ2n) is 3.69. The smallest absolute Gasteiger partial charge is 0.234 e. The number of amides is 1. The topological polar surface area (TPSA) is 55.1 Å². The van der Waals surface area contributed by atoms with Crippen molar-refractivity contribution < 1.29 is 4.79 Å². The van der Waals surface area contributed by atoms with E-state index in [1.54, 1.807) is 30.0 Å². The highest BCUT2D eigenvalue weighted by Crippen LogP contribution is 2.24. The molecule has 0 aromatic heterocycles. The van der Waals surface area contributed by atoms with E-state index in [1.807, 2.05) is 0 Å². The van der Waals surface area contributed by atoms with Gasteiger partial charge in [-0.05, 0) is 30.4 Å². The zero-order valence-electron chi connectivity index (χ0n) is 9.83. The average molecular weight is 273 g/mol. The maximum atomic E-state index is 11.6. The van der Waals surface area contributed by atoms with Gasteiger partial charge in [-0.25, -0.2) is 0 Å². The molecule has 0 aliphatic heterocycles. The van der Waals surface area contributed by atoms with Crippen LogP contribution in [0.15, 0.2) is 18.2 Å². The number of nitrogen functional groups attached to an aromatic ring is 1. The molecule has 94 valence electrons. The first-order valence-corrected chi connectivity index (χ1v) is 7.09. The summed E-state index contributed by atoms with van der Waals surface area (Å²) in [4.78, 5) is 11.6. The minimum absolute atomic E-state index is 0.0430. The molecule has 0 fully saturated rings. The Kier molecular flexibility index (Phi) is 6.22. The van der Waals surface area contributed by atoms with Crippen molar-refractivity contribution >= 4 is 40.6 Å². The summed E-state index contributed by atoms with van der Waals surface area (Å²) >= 11 is 7.58. The Morgan fingerprint density at radius 1 is 1.53 bits per heavy atom. The van der Waals surface area contributed by atoms with Gasteiger partial charge in [0.25, 0.3) is 0 Å². The van der Waals surface area contributed by atoms with Crippen LogP contribution in [0, 0.1) is 0 Å². The van der Waals surface area contributed by atoms with E-state index in [4.69, 9.17) is 17.3 Å². The number of rotatable bonds is 6. The SMILES string of the molecule is CCCCSCC(=O)Nc1cc(N)ccc1Cl. The van der Waals surface area contributed by atoms with Gasteiger partial charge in [-0.1, -0.05) is 24.9 Å². The average Bonchev–Trinajstić information content (AvgIpc) is 2.29. The van der Waals surface area contributed by atoms with Crippen LogP contribution >= 0.6 is 23.4 Å². The van der Waals surface area contributed by atoms with Crippen LogP contribution in [0.4, 0.5) is 11.4 Å². The highest BCUT2D eigenvalue weighted by Gasteiger charge is 2.06. The van der Waals surface area contributed by atoms with Crippen molar-refractivity contribution in [1.82, 2.24) is 0 Å².